The van der Waals surface area contributed by atoms with Crippen LogP contribution in [0.1, 0.15) is 19.8 Å². The van der Waals surface area contributed by atoms with Gasteiger partial charge in [-0.05, 0) is 18.2 Å². The van der Waals surface area contributed by atoms with Crippen molar-refractivity contribution in [2.24, 2.45) is 0 Å². The number of para-hydroxylation sites is 1. The Bertz CT molecular complexity index is 770. The number of ether oxygens (including phenoxy) is 1. The van der Waals surface area contributed by atoms with Gasteiger partial charge in [0, 0.05) is 6.26 Å². The summed E-state index contributed by atoms with van der Waals surface area (Å²) in [5, 5.41) is 13.2. The molecule has 1 N–H and O–H groups in total. The SMILES string of the molecule is C=C(/C=C(\C(=C\[N-]CCCC)Oc1ccccc1)S(C)(=O)=O)C(=O)O.[Rb+]. The topological polar surface area (TPSA) is 94.8 Å². The standard InChI is InChI=1S/C18H22NO5S.Rb/c1-4-5-11-19-13-16(24-15-9-7-6-8-10-15)17(25(3,22)23)12-14(2)18(20)21;/h6-10,12-13H,2,4-5,11H2,1,3H3,(H,20,21);/q-1;+1/b16-13-,17-12+;. The van der Waals surface area contributed by atoms with E-state index in [-0.39, 0.29) is 74.4 Å². The van der Waals surface area contributed by atoms with Crippen LogP contribution >= 0.6 is 0 Å². The van der Waals surface area contributed by atoms with Crippen molar-refractivity contribution in [3.05, 3.63) is 70.7 Å². The van der Waals surface area contributed by atoms with Crippen molar-refractivity contribution in [2.75, 3.05) is 12.8 Å². The maximum atomic E-state index is 12.1. The van der Waals surface area contributed by atoms with Gasteiger partial charge in [0.05, 0.1) is 5.57 Å². The van der Waals surface area contributed by atoms with E-state index in [2.05, 4.69) is 11.9 Å². The van der Waals surface area contributed by atoms with E-state index in [1.807, 2.05) is 6.92 Å². The summed E-state index contributed by atoms with van der Waals surface area (Å²) in [5.74, 6) is -0.953. The summed E-state index contributed by atoms with van der Waals surface area (Å²) in [6.45, 7) is 5.88. The molecule has 0 atom stereocenters. The van der Waals surface area contributed by atoms with Crippen LogP contribution in [0.4, 0.5) is 0 Å². The molecule has 0 aliphatic rings. The molecule has 0 radical (unpaired) electrons. The van der Waals surface area contributed by atoms with E-state index in [0.29, 0.717) is 12.3 Å². The van der Waals surface area contributed by atoms with Crippen LogP contribution in [0.25, 0.3) is 5.32 Å². The summed E-state index contributed by atoms with van der Waals surface area (Å²) >= 11 is 0. The molecular formula is C18H22NO5RbS. The zero-order chi connectivity index (χ0) is 18.9. The van der Waals surface area contributed by atoms with E-state index in [4.69, 9.17) is 9.84 Å². The van der Waals surface area contributed by atoms with Crippen molar-refractivity contribution in [1.82, 2.24) is 0 Å². The van der Waals surface area contributed by atoms with Gasteiger partial charge >= 0.3 is 64.2 Å². The van der Waals surface area contributed by atoms with Crippen LogP contribution < -0.4 is 62.9 Å². The third-order valence-corrected chi connectivity index (χ3v) is 4.16. The van der Waals surface area contributed by atoms with Gasteiger partial charge in [-0.15, -0.1) is 12.7 Å². The van der Waals surface area contributed by atoms with Crippen molar-refractivity contribution in [3.63, 3.8) is 0 Å². The number of aliphatic carboxylic acids is 1. The van der Waals surface area contributed by atoms with Crippen LogP contribution in [0.2, 0.25) is 0 Å². The fourth-order valence-corrected chi connectivity index (χ4v) is 2.55. The largest absolute Gasteiger partial charge is 1.00 e. The van der Waals surface area contributed by atoms with Crippen LogP contribution in [0.5, 0.6) is 5.75 Å². The molecule has 26 heavy (non-hydrogen) atoms. The van der Waals surface area contributed by atoms with E-state index in [9.17, 15) is 13.2 Å². The molecule has 0 aliphatic heterocycles. The first-order chi connectivity index (χ1) is 11.8. The number of carboxylic acid groups (broad SMARTS) is 1. The Balaban J connectivity index is 0.00000625. The number of benzene rings is 1. The molecule has 0 amide bonds. The number of unbranched alkanes of at least 4 members (excludes halogenated alkanes) is 1. The van der Waals surface area contributed by atoms with Crippen LogP contribution in [0.3, 0.4) is 0 Å². The molecule has 0 bridgehead atoms. The third-order valence-electron chi connectivity index (χ3n) is 3.04. The Kier molecular flexibility index (Phi) is 12.3. The van der Waals surface area contributed by atoms with Crippen LogP contribution in [0, 0.1) is 0 Å². The van der Waals surface area contributed by atoms with Crippen molar-refractivity contribution in [3.8, 4) is 5.75 Å². The number of carbonyl (C=O) groups is 1. The normalized spacial score (nSPS) is 12.1. The molecule has 0 aromatic heterocycles. The number of hydrogen-bond donors (Lipinski definition) is 1. The Labute approximate surface area is 203 Å². The maximum Gasteiger partial charge on any atom is 1.00 e. The first-order valence-corrected chi connectivity index (χ1v) is 9.58. The minimum atomic E-state index is -3.77. The molecule has 136 valence electrons. The van der Waals surface area contributed by atoms with Gasteiger partial charge in [-0.3, -0.25) is 0 Å². The molecule has 0 heterocycles. The summed E-state index contributed by atoms with van der Waals surface area (Å²) in [4.78, 5) is 10.7. The second-order valence-corrected chi connectivity index (χ2v) is 7.26. The first-order valence-electron chi connectivity index (χ1n) is 7.69. The van der Waals surface area contributed by atoms with Gasteiger partial charge < -0.3 is 15.2 Å². The summed E-state index contributed by atoms with van der Waals surface area (Å²) in [7, 11) is -3.77. The molecule has 0 unspecified atom stereocenters. The zero-order valence-corrected chi connectivity index (χ0v) is 21.0. The fourth-order valence-electron chi connectivity index (χ4n) is 1.73. The number of nitrogens with zero attached hydrogens (tertiary/aromatic N) is 1. The summed E-state index contributed by atoms with van der Waals surface area (Å²) < 4.78 is 29.9. The smallest absolute Gasteiger partial charge is 0.688 e. The Morgan fingerprint density at radius 3 is 2.42 bits per heavy atom. The van der Waals surface area contributed by atoms with E-state index in [1.54, 1.807) is 30.3 Å². The van der Waals surface area contributed by atoms with Gasteiger partial charge in [-0.25, -0.2) is 13.2 Å². The molecule has 0 fully saturated rings. The van der Waals surface area contributed by atoms with E-state index in [0.717, 1.165) is 25.2 Å². The predicted octanol–water partition coefficient (Wildman–Crippen LogP) is 0.654. The van der Waals surface area contributed by atoms with Gasteiger partial charge in [0.25, 0.3) is 0 Å². The number of hydrogen-bond acceptors (Lipinski definition) is 4. The molecule has 6 nitrogen and oxygen atoms in total. The fraction of sp³-hybridized carbons (Fsp3) is 0.278. The van der Waals surface area contributed by atoms with Gasteiger partial charge in [0.1, 0.15) is 16.4 Å². The van der Waals surface area contributed by atoms with Gasteiger partial charge in [0.15, 0.2) is 9.84 Å². The molecule has 0 saturated carbocycles. The van der Waals surface area contributed by atoms with Crippen LogP contribution in [-0.2, 0) is 14.6 Å². The molecule has 1 aromatic rings. The van der Waals surface area contributed by atoms with Crippen molar-refractivity contribution in [2.45, 2.75) is 19.8 Å². The molecular weight excluding hydrogens is 428 g/mol. The zero-order valence-electron chi connectivity index (χ0n) is 15.3. The summed E-state index contributed by atoms with van der Waals surface area (Å²) in [6, 6.07) is 8.58. The van der Waals surface area contributed by atoms with E-state index < -0.39 is 15.8 Å². The Hall–Kier alpha value is -0.735. The first kappa shape index (κ1) is 25.3. The van der Waals surface area contributed by atoms with Gasteiger partial charge in [0.2, 0.25) is 0 Å². The molecule has 0 aliphatic carbocycles. The van der Waals surface area contributed by atoms with Crippen molar-refractivity contribution < 1.29 is 81.2 Å². The average molecular weight is 450 g/mol. The maximum absolute atomic E-state index is 12.1. The average Bonchev–Trinajstić information content (AvgIpc) is 2.55. The molecule has 0 spiro atoms. The Morgan fingerprint density at radius 1 is 1.31 bits per heavy atom. The molecule has 1 aromatic carbocycles. The molecule has 1 rings (SSSR count). The minimum absolute atomic E-state index is 0. The number of sulfone groups is 1. The number of carboxylic acids is 1. The van der Waals surface area contributed by atoms with E-state index in [1.165, 1.54) is 6.20 Å². The third kappa shape index (κ3) is 9.27. The quantitative estimate of drug-likeness (QED) is 0.245. The predicted molar refractivity (Wildman–Crippen MR) is 98.0 cm³/mol. The second-order valence-electron chi connectivity index (χ2n) is 5.28. The molecule has 8 heteroatoms. The van der Waals surface area contributed by atoms with E-state index >= 15 is 0 Å². The van der Waals surface area contributed by atoms with Crippen LogP contribution in [0.15, 0.2) is 65.4 Å². The van der Waals surface area contributed by atoms with Gasteiger partial charge in [-0.2, -0.15) is 0 Å². The monoisotopic (exact) mass is 449 g/mol. The number of rotatable bonds is 10. The second kappa shape index (κ2) is 12.6. The molecule has 0 saturated heterocycles. The van der Waals surface area contributed by atoms with Crippen molar-refractivity contribution in [1.29, 1.82) is 0 Å². The van der Waals surface area contributed by atoms with Crippen molar-refractivity contribution >= 4 is 15.8 Å². The van der Waals surface area contributed by atoms with Crippen LogP contribution in [-0.4, -0.2) is 32.3 Å². The van der Waals surface area contributed by atoms with Gasteiger partial charge in [-0.1, -0.05) is 44.5 Å². The summed E-state index contributed by atoms with van der Waals surface area (Å²) in [6.07, 6.45) is 5.04. The minimum Gasteiger partial charge on any atom is -0.688 e. The summed E-state index contributed by atoms with van der Waals surface area (Å²) in [5.41, 5.74) is -0.364. The Morgan fingerprint density at radius 2 is 1.92 bits per heavy atom.